The fourth-order valence-electron chi connectivity index (χ4n) is 2.17. The van der Waals surface area contributed by atoms with Crippen LogP contribution < -0.4 is 15.4 Å². The second-order valence-corrected chi connectivity index (χ2v) is 6.69. The second kappa shape index (κ2) is 10.9. The number of carbonyl (C=O) groups excluding carboxylic acids is 2. The van der Waals surface area contributed by atoms with Crippen LogP contribution in [0.5, 0.6) is 5.75 Å². The van der Waals surface area contributed by atoms with E-state index < -0.39 is 0 Å². The third-order valence-corrected chi connectivity index (χ3v) is 4.68. The lowest BCUT2D eigenvalue weighted by molar-refractivity contribution is -0.124. The number of benzene rings is 2. The normalized spacial score (nSPS) is 9.93. The number of thioether (sulfide) groups is 1. The summed E-state index contributed by atoms with van der Waals surface area (Å²) in [6.45, 7) is 0.346. The predicted molar refractivity (Wildman–Crippen MR) is 105 cm³/mol. The van der Waals surface area contributed by atoms with Gasteiger partial charge in [0.2, 0.25) is 11.8 Å². The number of carbonyl (C=O) groups is 2. The van der Waals surface area contributed by atoms with Crippen LogP contribution in [-0.4, -0.2) is 31.2 Å². The van der Waals surface area contributed by atoms with Crippen molar-refractivity contribution in [3.8, 4) is 11.8 Å². The van der Waals surface area contributed by atoms with Gasteiger partial charge in [-0.1, -0.05) is 24.3 Å². The summed E-state index contributed by atoms with van der Waals surface area (Å²) in [7, 11) is 1.60. The van der Waals surface area contributed by atoms with E-state index in [9.17, 15) is 9.59 Å². The zero-order chi connectivity index (χ0) is 19.5. The van der Waals surface area contributed by atoms with Crippen LogP contribution in [-0.2, 0) is 21.9 Å². The molecule has 140 valence electrons. The molecule has 0 aromatic heterocycles. The Labute approximate surface area is 162 Å². The summed E-state index contributed by atoms with van der Waals surface area (Å²) >= 11 is 1.45. The van der Waals surface area contributed by atoms with Gasteiger partial charge in [0.25, 0.3) is 0 Å². The molecule has 0 radical (unpaired) electrons. The van der Waals surface area contributed by atoms with E-state index in [0.717, 1.165) is 16.9 Å². The molecule has 0 heterocycles. The molecule has 0 aliphatic carbocycles. The zero-order valence-electron chi connectivity index (χ0n) is 15.0. The van der Waals surface area contributed by atoms with Crippen molar-refractivity contribution >= 4 is 23.6 Å². The van der Waals surface area contributed by atoms with E-state index in [1.807, 2.05) is 36.4 Å². The van der Waals surface area contributed by atoms with Crippen LogP contribution in [0.15, 0.2) is 48.5 Å². The Balaban J connectivity index is 1.61. The number of hydrogen-bond donors (Lipinski definition) is 2. The number of nitrogens with one attached hydrogen (secondary N) is 2. The number of rotatable bonds is 9. The SMILES string of the molecule is COc1ccc(CNC(=O)CNC(=O)CSCc2ccc(C#N)cc2)cc1. The van der Waals surface area contributed by atoms with Crippen molar-refractivity contribution in [2.24, 2.45) is 0 Å². The Hall–Kier alpha value is -2.98. The molecule has 27 heavy (non-hydrogen) atoms. The molecule has 0 bridgehead atoms. The molecule has 2 amide bonds. The summed E-state index contributed by atoms with van der Waals surface area (Å²) in [5, 5.41) is 14.1. The van der Waals surface area contributed by atoms with E-state index in [-0.39, 0.29) is 24.1 Å². The molecule has 0 unspecified atom stereocenters. The molecule has 0 aliphatic rings. The number of methoxy groups -OCH3 is 1. The van der Waals surface area contributed by atoms with Gasteiger partial charge >= 0.3 is 0 Å². The van der Waals surface area contributed by atoms with Crippen molar-refractivity contribution in [2.75, 3.05) is 19.4 Å². The molecule has 0 saturated carbocycles. The van der Waals surface area contributed by atoms with Crippen LogP contribution in [0, 0.1) is 11.3 Å². The minimum Gasteiger partial charge on any atom is -0.497 e. The molecule has 2 aromatic carbocycles. The minimum absolute atomic E-state index is 0.0492. The fraction of sp³-hybridized carbons (Fsp3) is 0.250. The van der Waals surface area contributed by atoms with Gasteiger partial charge in [-0.2, -0.15) is 5.26 Å². The summed E-state index contributed by atoms with van der Waals surface area (Å²) < 4.78 is 5.08. The zero-order valence-corrected chi connectivity index (χ0v) is 15.8. The molecule has 2 rings (SSSR count). The monoisotopic (exact) mass is 383 g/mol. The largest absolute Gasteiger partial charge is 0.497 e. The number of ether oxygens (including phenoxy) is 1. The van der Waals surface area contributed by atoms with Gasteiger partial charge in [0.05, 0.1) is 31.0 Å². The van der Waals surface area contributed by atoms with Crippen LogP contribution in [0.4, 0.5) is 0 Å². The smallest absolute Gasteiger partial charge is 0.239 e. The van der Waals surface area contributed by atoms with Gasteiger partial charge < -0.3 is 15.4 Å². The molecule has 0 atom stereocenters. The lowest BCUT2D eigenvalue weighted by atomic mass is 10.2. The van der Waals surface area contributed by atoms with Gasteiger partial charge in [-0.25, -0.2) is 0 Å². The Morgan fingerprint density at radius 1 is 1.00 bits per heavy atom. The molecule has 6 nitrogen and oxygen atoms in total. The summed E-state index contributed by atoms with van der Waals surface area (Å²) in [5.74, 6) is 1.27. The van der Waals surface area contributed by atoms with Gasteiger partial charge in [-0.3, -0.25) is 9.59 Å². The first-order valence-electron chi connectivity index (χ1n) is 8.34. The van der Waals surface area contributed by atoms with Crippen molar-refractivity contribution in [3.05, 3.63) is 65.2 Å². The Bertz CT molecular complexity index is 799. The topological polar surface area (TPSA) is 91.2 Å². The molecule has 0 saturated heterocycles. The molecule has 0 fully saturated rings. The van der Waals surface area contributed by atoms with E-state index in [0.29, 0.717) is 17.9 Å². The van der Waals surface area contributed by atoms with Crippen molar-refractivity contribution in [1.82, 2.24) is 10.6 Å². The first kappa shape index (κ1) is 20.3. The number of amides is 2. The molecule has 0 spiro atoms. The Morgan fingerprint density at radius 2 is 1.67 bits per heavy atom. The van der Waals surface area contributed by atoms with Gasteiger partial charge in [-0.15, -0.1) is 11.8 Å². The summed E-state index contributed by atoms with van der Waals surface area (Å²) in [5.41, 5.74) is 2.61. The minimum atomic E-state index is -0.240. The van der Waals surface area contributed by atoms with Gasteiger partial charge in [0.15, 0.2) is 0 Å². The van der Waals surface area contributed by atoms with E-state index in [1.165, 1.54) is 11.8 Å². The predicted octanol–water partition coefficient (Wildman–Crippen LogP) is 2.23. The van der Waals surface area contributed by atoms with Crippen LogP contribution in [0.1, 0.15) is 16.7 Å². The highest BCUT2D eigenvalue weighted by Gasteiger charge is 2.06. The Kier molecular flexibility index (Phi) is 8.20. The molecular weight excluding hydrogens is 362 g/mol. The quantitative estimate of drug-likeness (QED) is 0.693. The molecule has 7 heteroatoms. The highest BCUT2D eigenvalue weighted by atomic mass is 32.2. The van der Waals surface area contributed by atoms with Crippen LogP contribution >= 0.6 is 11.8 Å². The first-order valence-corrected chi connectivity index (χ1v) is 9.49. The van der Waals surface area contributed by atoms with Gasteiger partial charge in [0, 0.05) is 12.3 Å². The number of nitrogens with zero attached hydrogens (tertiary/aromatic N) is 1. The van der Waals surface area contributed by atoms with Crippen LogP contribution in [0.25, 0.3) is 0 Å². The van der Waals surface area contributed by atoms with E-state index in [4.69, 9.17) is 10.00 Å². The maximum Gasteiger partial charge on any atom is 0.239 e. The van der Waals surface area contributed by atoms with E-state index in [1.54, 1.807) is 19.2 Å². The molecule has 2 N–H and O–H groups in total. The lowest BCUT2D eigenvalue weighted by Gasteiger charge is -2.08. The van der Waals surface area contributed by atoms with Crippen molar-refractivity contribution in [3.63, 3.8) is 0 Å². The van der Waals surface area contributed by atoms with E-state index >= 15 is 0 Å². The van der Waals surface area contributed by atoms with Crippen molar-refractivity contribution in [1.29, 1.82) is 5.26 Å². The summed E-state index contributed by atoms with van der Waals surface area (Å²) in [4.78, 5) is 23.6. The molecule has 0 aliphatic heterocycles. The lowest BCUT2D eigenvalue weighted by Crippen LogP contribution is -2.37. The van der Waals surface area contributed by atoms with Gasteiger partial charge in [0.1, 0.15) is 5.75 Å². The highest BCUT2D eigenvalue weighted by Crippen LogP contribution is 2.13. The van der Waals surface area contributed by atoms with Crippen molar-refractivity contribution < 1.29 is 14.3 Å². The second-order valence-electron chi connectivity index (χ2n) is 5.70. The first-order chi connectivity index (χ1) is 13.1. The Morgan fingerprint density at radius 3 is 2.30 bits per heavy atom. The summed E-state index contributed by atoms with van der Waals surface area (Å²) in [6.07, 6.45) is 0. The maximum atomic E-state index is 11.8. The maximum absolute atomic E-state index is 11.8. The van der Waals surface area contributed by atoms with Gasteiger partial charge in [-0.05, 0) is 35.4 Å². The van der Waals surface area contributed by atoms with Crippen LogP contribution in [0.3, 0.4) is 0 Å². The number of nitriles is 1. The molecular formula is C20H21N3O3S. The van der Waals surface area contributed by atoms with Crippen molar-refractivity contribution in [2.45, 2.75) is 12.3 Å². The standard InChI is InChI=1S/C20H21N3O3S/c1-26-18-8-6-16(7-9-18)11-22-19(24)12-23-20(25)14-27-13-17-4-2-15(10-21)3-5-17/h2-9H,11-14H2,1H3,(H,22,24)(H,23,25). The van der Waals surface area contributed by atoms with Crippen LogP contribution in [0.2, 0.25) is 0 Å². The number of hydrogen-bond acceptors (Lipinski definition) is 5. The fourth-order valence-corrected chi connectivity index (χ4v) is 2.99. The average Bonchev–Trinajstić information content (AvgIpc) is 2.71. The van der Waals surface area contributed by atoms with E-state index in [2.05, 4.69) is 16.7 Å². The summed E-state index contributed by atoms with van der Waals surface area (Å²) in [6, 6.07) is 16.7. The highest BCUT2D eigenvalue weighted by molar-refractivity contribution is 7.99. The third kappa shape index (κ3) is 7.42. The molecule has 2 aromatic rings. The third-order valence-electron chi connectivity index (χ3n) is 3.68. The average molecular weight is 383 g/mol.